The molecule has 20 heavy (non-hydrogen) atoms. The fourth-order valence-corrected chi connectivity index (χ4v) is 3.02. The molecule has 0 bridgehead atoms. The first-order chi connectivity index (χ1) is 9.39. The van der Waals surface area contributed by atoms with E-state index >= 15 is 0 Å². The Morgan fingerprint density at radius 2 is 1.90 bits per heavy atom. The molecule has 0 spiro atoms. The van der Waals surface area contributed by atoms with Crippen molar-refractivity contribution >= 4 is 10.0 Å². The van der Waals surface area contributed by atoms with Crippen molar-refractivity contribution in [2.75, 3.05) is 14.1 Å². The van der Waals surface area contributed by atoms with Gasteiger partial charge in [-0.15, -0.1) is 0 Å². The minimum Gasteiger partial charge on any atom is -0.474 e. The molecule has 2 N–H and O–H groups in total. The molecular formula is C13H21N3O3S. The van der Waals surface area contributed by atoms with Crippen LogP contribution in [0.1, 0.15) is 25.7 Å². The molecule has 112 valence electrons. The highest BCUT2D eigenvalue weighted by atomic mass is 32.2. The molecule has 1 aromatic rings. The van der Waals surface area contributed by atoms with Crippen LogP contribution in [-0.4, -0.2) is 43.9 Å². The summed E-state index contributed by atoms with van der Waals surface area (Å²) in [6.07, 6.45) is 5.20. The second kappa shape index (κ2) is 6.07. The Morgan fingerprint density at radius 1 is 1.25 bits per heavy atom. The van der Waals surface area contributed by atoms with Crippen molar-refractivity contribution in [2.24, 2.45) is 5.73 Å². The summed E-state index contributed by atoms with van der Waals surface area (Å²) < 4.78 is 30.7. The van der Waals surface area contributed by atoms with Gasteiger partial charge in [-0.1, -0.05) is 0 Å². The number of hydrogen-bond donors (Lipinski definition) is 1. The van der Waals surface area contributed by atoms with E-state index in [0.717, 1.165) is 30.0 Å². The number of aromatic nitrogens is 1. The van der Waals surface area contributed by atoms with E-state index < -0.39 is 10.0 Å². The lowest BCUT2D eigenvalue weighted by Gasteiger charge is -2.26. The Hall–Kier alpha value is -1.18. The fourth-order valence-electron chi connectivity index (χ4n) is 2.18. The van der Waals surface area contributed by atoms with E-state index in [1.165, 1.54) is 26.4 Å². The SMILES string of the molecule is CN(C)S(=O)(=O)c1ccc(OC2CCC(N)CC2)nc1. The molecule has 0 aliphatic heterocycles. The third-order valence-electron chi connectivity index (χ3n) is 3.49. The molecule has 2 rings (SSSR count). The van der Waals surface area contributed by atoms with Gasteiger partial charge in [-0.05, 0) is 31.7 Å². The molecule has 1 aliphatic rings. The Balaban J connectivity index is 2.02. The lowest BCUT2D eigenvalue weighted by molar-refractivity contribution is 0.141. The van der Waals surface area contributed by atoms with Crippen LogP contribution in [0.4, 0.5) is 0 Å². The summed E-state index contributed by atoms with van der Waals surface area (Å²) in [5.41, 5.74) is 5.84. The third-order valence-corrected chi connectivity index (χ3v) is 5.29. The summed E-state index contributed by atoms with van der Waals surface area (Å²) in [6.45, 7) is 0. The van der Waals surface area contributed by atoms with Gasteiger partial charge in [0, 0.05) is 26.2 Å². The summed E-state index contributed by atoms with van der Waals surface area (Å²) in [5.74, 6) is 0.461. The molecule has 1 aromatic heterocycles. The molecule has 1 fully saturated rings. The van der Waals surface area contributed by atoms with Gasteiger partial charge in [-0.3, -0.25) is 0 Å². The molecule has 1 heterocycles. The second-order valence-corrected chi connectivity index (χ2v) is 7.43. The number of pyridine rings is 1. The summed E-state index contributed by atoms with van der Waals surface area (Å²) in [5, 5.41) is 0. The summed E-state index contributed by atoms with van der Waals surface area (Å²) >= 11 is 0. The van der Waals surface area contributed by atoms with E-state index in [2.05, 4.69) is 4.98 Å². The van der Waals surface area contributed by atoms with Crippen LogP contribution in [0.25, 0.3) is 0 Å². The van der Waals surface area contributed by atoms with E-state index in [0.29, 0.717) is 5.88 Å². The molecule has 0 unspecified atom stereocenters. The number of rotatable bonds is 4. The molecule has 7 heteroatoms. The number of ether oxygens (including phenoxy) is 1. The van der Waals surface area contributed by atoms with Gasteiger partial charge < -0.3 is 10.5 Å². The lowest BCUT2D eigenvalue weighted by Crippen LogP contribution is -2.31. The van der Waals surface area contributed by atoms with Crippen LogP contribution in [0.5, 0.6) is 5.88 Å². The Morgan fingerprint density at radius 3 is 2.40 bits per heavy atom. The molecule has 0 atom stereocenters. The molecule has 1 saturated carbocycles. The van der Waals surface area contributed by atoms with Crippen molar-refractivity contribution in [3.05, 3.63) is 18.3 Å². The number of hydrogen-bond acceptors (Lipinski definition) is 5. The maximum atomic E-state index is 11.9. The largest absolute Gasteiger partial charge is 0.474 e. The van der Waals surface area contributed by atoms with E-state index in [1.54, 1.807) is 6.07 Å². The second-order valence-electron chi connectivity index (χ2n) is 5.27. The van der Waals surface area contributed by atoms with E-state index in [-0.39, 0.29) is 17.0 Å². The molecule has 1 aliphatic carbocycles. The van der Waals surface area contributed by atoms with Crippen LogP contribution in [-0.2, 0) is 10.0 Å². The van der Waals surface area contributed by atoms with E-state index in [9.17, 15) is 8.42 Å². The van der Waals surface area contributed by atoms with E-state index in [4.69, 9.17) is 10.5 Å². The van der Waals surface area contributed by atoms with Gasteiger partial charge in [0.2, 0.25) is 15.9 Å². The third kappa shape index (κ3) is 3.47. The topological polar surface area (TPSA) is 85.5 Å². The molecular weight excluding hydrogens is 278 g/mol. The van der Waals surface area contributed by atoms with Crippen LogP contribution in [0.3, 0.4) is 0 Å². The minimum atomic E-state index is -3.44. The maximum absolute atomic E-state index is 11.9. The Bertz CT molecular complexity index is 534. The Kier molecular flexibility index (Phi) is 4.62. The van der Waals surface area contributed by atoms with Gasteiger partial charge in [-0.25, -0.2) is 17.7 Å². The average molecular weight is 299 g/mol. The van der Waals surface area contributed by atoms with Crippen LogP contribution < -0.4 is 10.5 Å². The van der Waals surface area contributed by atoms with Crippen molar-refractivity contribution in [3.63, 3.8) is 0 Å². The zero-order valence-electron chi connectivity index (χ0n) is 11.8. The van der Waals surface area contributed by atoms with Crippen molar-refractivity contribution in [2.45, 2.75) is 42.7 Å². The summed E-state index contributed by atoms with van der Waals surface area (Å²) in [7, 11) is -0.453. The first-order valence-electron chi connectivity index (χ1n) is 6.70. The average Bonchev–Trinajstić information content (AvgIpc) is 2.42. The van der Waals surface area contributed by atoms with E-state index in [1.807, 2.05) is 0 Å². The predicted octanol–water partition coefficient (Wildman–Crippen LogP) is 0.981. The standard InChI is InChI=1S/C13H21N3O3S/c1-16(2)20(17,18)12-7-8-13(15-9-12)19-11-5-3-10(14)4-6-11/h7-11H,3-6,14H2,1-2H3. The van der Waals surface area contributed by atoms with Crippen LogP contribution in [0.15, 0.2) is 23.2 Å². The van der Waals surface area contributed by atoms with Crippen LogP contribution in [0.2, 0.25) is 0 Å². The monoisotopic (exact) mass is 299 g/mol. The molecule has 0 amide bonds. The summed E-state index contributed by atoms with van der Waals surface area (Å²) in [4.78, 5) is 4.25. The van der Waals surface area contributed by atoms with Gasteiger partial charge in [-0.2, -0.15) is 0 Å². The molecule has 0 saturated heterocycles. The van der Waals surface area contributed by atoms with Crippen molar-refractivity contribution in [1.82, 2.24) is 9.29 Å². The highest BCUT2D eigenvalue weighted by Gasteiger charge is 2.21. The van der Waals surface area contributed by atoms with Gasteiger partial charge in [0.25, 0.3) is 0 Å². The minimum absolute atomic E-state index is 0.124. The molecule has 6 nitrogen and oxygen atoms in total. The van der Waals surface area contributed by atoms with Crippen LogP contribution in [0, 0.1) is 0 Å². The quantitative estimate of drug-likeness (QED) is 0.895. The van der Waals surface area contributed by atoms with Crippen molar-refractivity contribution < 1.29 is 13.2 Å². The number of sulfonamides is 1. The number of nitrogens with zero attached hydrogens (tertiary/aromatic N) is 2. The first-order valence-corrected chi connectivity index (χ1v) is 8.14. The van der Waals surface area contributed by atoms with Crippen LogP contribution >= 0.6 is 0 Å². The summed E-state index contributed by atoms with van der Waals surface area (Å²) in [6, 6.07) is 3.40. The highest BCUT2D eigenvalue weighted by molar-refractivity contribution is 7.89. The van der Waals surface area contributed by atoms with Gasteiger partial charge in [0.05, 0.1) is 6.20 Å². The van der Waals surface area contributed by atoms with Gasteiger partial charge >= 0.3 is 0 Å². The normalized spacial score (nSPS) is 23.8. The van der Waals surface area contributed by atoms with Gasteiger partial charge in [0.15, 0.2) is 0 Å². The smallest absolute Gasteiger partial charge is 0.244 e. The van der Waals surface area contributed by atoms with Gasteiger partial charge in [0.1, 0.15) is 11.0 Å². The maximum Gasteiger partial charge on any atom is 0.244 e. The van der Waals surface area contributed by atoms with Crippen molar-refractivity contribution in [1.29, 1.82) is 0 Å². The first kappa shape index (κ1) is 15.2. The lowest BCUT2D eigenvalue weighted by atomic mass is 9.94. The highest BCUT2D eigenvalue weighted by Crippen LogP contribution is 2.22. The molecule has 0 radical (unpaired) electrons. The zero-order valence-corrected chi connectivity index (χ0v) is 12.6. The number of nitrogens with two attached hydrogens (primary N) is 1. The van der Waals surface area contributed by atoms with Crippen molar-refractivity contribution in [3.8, 4) is 5.88 Å². The predicted molar refractivity (Wildman–Crippen MR) is 76.0 cm³/mol. The fraction of sp³-hybridized carbons (Fsp3) is 0.615. The molecule has 0 aromatic carbocycles. The zero-order chi connectivity index (χ0) is 14.8. The Labute approximate surface area is 120 Å².